The van der Waals surface area contributed by atoms with E-state index in [1.54, 1.807) is 0 Å². The summed E-state index contributed by atoms with van der Waals surface area (Å²) in [7, 11) is 0. The number of rotatable bonds is 6. The second-order valence-corrected chi connectivity index (χ2v) is 2.92. The average molecular weight is 158 g/mol. The lowest BCUT2D eigenvalue weighted by Gasteiger charge is -2.20. The highest BCUT2D eigenvalue weighted by atomic mass is 16.3. The van der Waals surface area contributed by atoms with Crippen molar-refractivity contribution in [3.8, 4) is 0 Å². The van der Waals surface area contributed by atoms with Gasteiger partial charge in [-0.3, -0.25) is 0 Å². The average Bonchev–Trinajstić information content (AvgIpc) is 2.05. The van der Waals surface area contributed by atoms with Crippen molar-refractivity contribution in [2.45, 2.75) is 38.2 Å². The Bertz CT molecular complexity index is 112. The van der Waals surface area contributed by atoms with Crippen LogP contribution in [0.3, 0.4) is 0 Å². The van der Waals surface area contributed by atoms with Crippen molar-refractivity contribution in [1.82, 2.24) is 0 Å². The molecule has 0 amide bonds. The van der Waals surface area contributed by atoms with Crippen LogP contribution in [-0.4, -0.2) is 22.4 Å². The highest BCUT2D eigenvalue weighted by Crippen LogP contribution is 2.15. The third-order valence-electron chi connectivity index (χ3n) is 1.87. The first-order valence-electron chi connectivity index (χ1n) is 4.15. The van der Waals surface area contributed by atoms with Gasteiger partial charge < -0.3 is 10.2 Å². The van der Waals surface area contributed by atoms with E-state index in [0.717, 1.165) is 19.3 Å². The van der Waals surface area contributed by atoms with Gasteiger partial charge in [0.15, 0.2) is 0 Å². The van der Waals surface area contributed by atoms with Gasteiger partial charge >= 0.3 is 0 Å². The van der Waals surface area contributed by atoms with Crippen molar-refractivity contribution >= 4 is 0 Å². The summed E-state index contributed by atoms with van der Waals surface area (Å²) in [6.45, 7) is 5.35. The molecule has 1 atom stereocenters. The molecule has 0 heterocycles. The SMILES string of the molecule is C=CC(O)(CO)CCCCC. The van der Waals surface area contributed by atoms with Crippen molar-refractivity contribution in [3.63, 3.8) is 0 Å². The van der Waals surface area contributed by atoms with Crippen LogP contribution < -0.4 is 0 Å². The summed E-state index contributed by atoms with van der Waals surface area (Å²) in [6.07, 6.45) is 5.19. The number of aliphatic hydroxyl groups is 2. The first-order chi connectivity index (χ1) is 5.18. The van der Waals surface area contributed by atoms with Crippen molar-refractivity contribution in [1.29, 1.82) is 0 Å². The summed E-state index contributed by atoms with van der Waals surface area (Å²) in [5.74, 6) is 0. The summed E-state index contributed by atoms with van der Waals surface area (Å²) in [4.78, 5) is 0. The maximum absolute atomic E-state index is 9.49. The summed E-state index contributed by atoms with van der Waals surface area (Å²) >= 11 is 0. The van der Waals surface area contributed by atoms with Crippen molar-refractivity contribution in [2.24, 2.45) is 0 Å². The van der Waals surface area contributed by atoms with E-state index in [2.05, 4.69) is 13.5 Å². The van der Waals surface area contributed by atoms with Crippen LogP contribution in [-0.2, 0) is 0 Å². The van der Waals surface area contributed by atoms with Crippen LogP contribution in [0.1, 0.15) is 32.6 Å². The summed E-state index contributed by atoms with van der Waals surface area (Å²) in [5.41, 5.74) is -1.05. The van der Waals surface area contributed by atoms with E-state index in [1.165, 1.54) is 6.08 Å². The zero-order chi connectivity index (χ0) is 8.74. The topological polar surface area (TPSA) is 40.5 Å². The molecule has 2 heteroatoms. The Morgan fingerprint density at radius 1 is 1.45 bits per heavy atom. The molecule has 0 aliphatic carbocycles. The third-order valence-corrected chi connectivity index (χ3v) is 1.87. The second-order valence-electron chi connectivity index (χ2n) is 2.92. The highest BCUT2D eigenvalue weighted by Gasteiger charge is 2.19. The van der Waals surface area contributed by atoms with Gasteiger partial charge in [-0.05, 0) is 6.42 Å². The molecular formula is C9H18O2. The molecule has 11 heavy (non-hydrogen) atoms. The van der Waals surface area contributed by atoms with E-state index in [0.29, 0.717) is 6.42 Å². The van der Waals surface area contributed by atoms with Crippen LogP contribution in [0.15, 0.2) is 12.7 Å². The molecule has 0 fully saturated rings. The van der Waals surface area contributed by atoms with Crippen molar-refractivity contribution in [2.75, 3.05) is 6.61 Å². The maximum atomic E-state index is 9.49. The van der Waals surface area contributed by atoms with E-state index >= 15 is 0 Å². The van der Waals surface area contributed by atoms with E-state index < -0.39 is 5.60 Å². The molecule has 0 aliphatic rings. The zero-order valence-electron chi connectivity index (χ0n) is 7.21. The minimum Gasteiger partial charge on any atom is -0.393 e. The Morgan fingerprint density at radius 2 is 2.09 bits per heavy atom. The monoisotopic (exact) mass is 158 g/mol. The number of unbranched alkanes of at least 4 members (excludes halogenated alkanes) is 2. The Morgan fingerprint density at radius 3 is 2.45 bits per heavy atom. The molecule has 0 saturated heterocycles. The van der Waals surface area contributed by atoms with Crippen molar-refractivity contribution in [3.05, 3.63) is 12.7 Å². The fourth-order valence-electron chi connectivity index (χ4n) is 0.927. The van der Waals surface area contributed by atoms with Gasteiger partial charge in [0.2, 0.25) is 0 Å². The minimum atomic E-state index is -1.05. The fourth-order valence-corrected chi connectivity index (χ4v) is 0.927. The van der Waals surface area contributed by atoms with E-state index in [9.17, 15) is 5.11 Å². The Labute approximate surface area is 68.6 Å². The first-order valence-corrected chi connectivity index (χ1v) is 4.15. The minimum absolute atomic E-state index is 0.222. The predicted octanol–water partition coefficient (Wildman–Crippen LogP) is 1.48. The lowest BCUT2D eigenvalue weighted by Crippen LogP contribution is -2.29. The molecule has 2 N–H and O–H groups in total. The molecule has 0 radical (unpaired) electrons. The molecule has 0 rings (SSSR count). The molecular weight excluding hydrogens is 140 g/mol. The largest absolute Gasteiger partial charge is 0.393 e. The third kappa shape index (κ3) is 4.17. The molecule has 0 aromatic carbocycles. The summed E-state index contributed by atoms with van der Waals surface area (Å²) < 4.78 is 0. The summed E-state index contributed by atoms with van der Waals surface area (Å²) in [5, 5.41) is 18.3. The highest BCUT2D eigenvalue weighted by molar-refractivity contribution is 4.94. The first kappa shape index (κ1) is 10.7. The van der Waals surface area contributed by atoms with Gasteiger partial charge in [0.1, 0.15) is 5.60 Å². The molecule has 66 valence electrons. The standard InChI is InChI=1S/C9H18O2/c1-3-5-6-7-9(11,4-2)8-10/h4,10-11H,2-3,5-8H2,1H3. The van der Waals surface area contributed by atoms with Gasteiger partial charge in [0.05, 0.1) is 6.61 Å². The summed E-state index contributed by atoms with van der Waals surface area (Å²) in [6, 6.07) is 0. The van der Waals surface area contributed by atoms with Gasteiger partial charge in [0.25, 0.3) is 0 Å². The molecule has 2 nitrogen and oxygen atoms in total. The van der Waals surface area contributed by atoms with E-state index in [1.807, 2.05) is 0 Å². The van der Waals surface area contributed by atoms with Gasteiger partial charge in [0, 0.05) is 0 Å². The maximum Gasteiger partial charge on any atom is 0.105 e. The Hall–Kier alpha value is -0.340. The Kier molecular flexibility index (Phi) is 5.16. The van der Waals surface area contributed by atoms with Gasteiger partial charge in [-0.15, -0.1) is 6.58 Å². The van der Waals surface area contributed by atoms with E-state index in [-0.39, 0.29) is 6.61 Å². The lowest BCUT2D eigenvalue weighted by atomic mass is 9.97. The van der Waals surface area contributed by atoms with Crippen LogP contribution in [0.2, 0.25) is 0 Å². The van der Waals surface area contributed by atoms with Crippen molar-refractivity contribution < 1.29 is 10.2 Å². The van der Waals surface area contributed by atoms with Crippen LogP contribution in [0.4, 0.5) is 0 Å². The molecule has 0 bridgehead atoms. The quantitative estimate of drug-likeness (QED) is 0.454. The van der Waals surface area contributed by atoms with E-state index in [4.69, 9.17) is 5.11 Å². The van der Waals surface area contributed by atoms with Gasteiger partial charge in [-0.1, -0.05) is 32.3 Å². The molecule has 0 saturated carbocycles. The fraction of sp³-hybridized carbons (Fsp3) is 0.778. The van der Waals surface area contributed by atoms with Gasteiger partial charge in [-0.2, -0.15) is 0 Å². The smallest absolute Gasteiger partial charge is 0.105 e. The normalized spacial score (nSPS) is 15.9. The van der Waals surface area contributed by atoms with Crippen LogP contribution in [0.5, 0.6) is 0 Å². The molecule has 0 spiro atoms. The second kappa shape index (κ2) is 5.33. The number of aliphatic hydroxyl groups excluding tert-OH is 1. The molecule has 0 aliphatic heterocycles. The van der Waals surface area contributed by atoms with Crippen LogP contribution in [0, 0.1) is 0 Å². The number of hydrogen-bond donors (Lipinski definition) is 2. The molecule has 1 unspecified atom stereocenters. The van der Waals surface area contributed by atoms with Crippen LogP contribution in [0.25, 0.3) is 0 Å². The molecule has 0 aromatic heterocycles. The number of hydrogen-bond acceptors (Lipinski definition) is 2. The molecule has 0 aromatic rings. The predicted molar refractivity (Wildman–Crippen MR) is 46.4 cm³/mol. The lowest BCUT2D eigenvalue weighted by molar-refractivity contribution is 0.0187. The zero-order valence-corrected chi connectivity index (χ0v) is 7.21. The van der Waals surface area contributed by atoms with Gasteiger partial charge in [-0.25, -0.2) is 0 Å². The Balaban J connectivity index is 3.60. The van der Waals surface area contributed by atoms with Crippen LogP contribution >= 0.6 is 0 Å².